The number of phenols is 1. The van der Waals surface area contributed by atoms with Crippen LogP contribution >= 0.6 is 12.6 Å². The lowest BCUT2D eigenvalue weighted by Crippen LogP contribution is -2.59. The van der Waals surface area contributed by atoms with Crippen molar-refractivity contribution in [3.8, 4) is 5.75 Å². The quantitative estimate of drug-likeness (QED) is 0.0228. The average molecular weight is 1080 g/mol. The molecule has 22 nitrogen and oxygen atoms in total. The molecule has 3 rings (SSSR count). The maximum absolute atomic E-state index is 14.9. The minimum Gasteiger partial charge on any atom is -0.508 e. The van der Waals surface area contributed by atoms with Gasteiger partial charge < -0.3 is 58.9 Å². The van der Waals surface area contributed by atoms with Gasteiger partial charge in [-0.15, -0.1) is 0 Å². The zero-order valence-electron chi connectivity index (χ0n) is 45.6. The monoisotopic (exact) mass is 1080 g/mol. The molecule has 1 aromatic rings. The molecule has 0 spiro atoms. The zero-order valence-corrected chi connectivity index (χ0v) is 46.5. The molecule has 0 bridgehead atoms. The second kappa shape index (κ2) is 29.3. The Bertz CT molecular complexity index is 2270. The van der Waals surface area contributed by atoms with Gasteiger partial charge in [0.1, 0.15) is 17.8 Å². The summed E-state index contributed by atoms with van der Waals surface area (Å²) in [6, 6.07) is 0.794. The molecule has 0 unspecified atom stereocenters. The Kier molecular flexibility index (Phi) is 24.7. The van der Waals surface area contributed by atoms with E-state index in [4.69, 9.17) is 22.9 Å². The lowest BCUT2D eigenvalue weighted by molar-refractivity contribution is -0.145. The summed E-state index contributed by atoms with van der Waals surface area (Å²) in [5, 5.41) is 28.3. The van der Waals surface area contributed by atoms with Crippen LogP contribution in [0.2, 0.25) is 0 Å². The zero-order chi connectivity index (χ0) is 57.2. The summed E-state index contributed by atoms with van der Waals surface area (Å²) in [6.07, 6.45) is 1.36. The van der Waals surface area contributed by atoms with E-state index < -0.39 is 111 Å². The second-order valence-corrected chi connectivity index (χ2v) is 23.5. The second-order valence-electron chi connectivity index (χ2n) is 22.4. The minimum absolute atomic E-state index is 0.00540. The molecule has 5 amide bonds. The standard InChI is InChI=1S/C53H85N11O11S/c1-30(2)25-35(49(74)75)29-42(69)43(52(4,5)6)62-45(70)34(26-32-17-19-36(66)20-18-32)28-41(68)38-15-11-23-63(38)47(72)33(13-9-21-58-50(54)55)27-40(67)37(14-10-22-59-51(56)57)61-46(71)39-16-12-24-64(39)48(73)44(53(7,8)76)60-31(3)65/h17-20,30,33-35,37-39,43-44,66,76H,9-16,21-29H2,1-8H3,(H,60,65)(H,61,71)(H,62,70)(H,74,75)(H4,54,55,58)(H4,56,57,59)/t33-,34-,35-,37+,38+,39+,43-,44-/m1/s1. The number of carboxylic acids is 1. The van der Waals surface area contributed by atoms with Crippen molar-refractivity contribution in [3.63, 3.8) is 0 Å². The number of carbonyl (C=O) groups is 9. The van der Waals surface area contributed by atoms with E-state index in [1.165, 1.54) is 28.9 Å². The third kappa shape index (κ3) is 20.4. The molecule has 2 aliphatic heterocycles. The Labute approximate surface area is 452 Å². The van der Waals surface area contributed by atoms with Crippen LogP contribution in [0.1, 0.15) is 138 Å². The summed E-state index contributed by atoms with van der Waals surface area (Å²) in [6.45, 7) is 14.2. The van der Waals surface area contributed by atoms with Gasteiger partial charge in [0, 0.05) is 68.9 Å². The van der Waals surface area contributed by atoms with E-state index in [2.05, 4.69) is 38.6 Å². The van der Waals surface area contributed by atoms with Gasteiger partial charge in [0.05, 0.1) is 24.0 Å². The number of ketones is 3. The number of aromatic hydroxyl groups is 1. The molecule has 8 atom stereocenters. The number of amides is 5. The third-order valence-electron chi connectivity index (χ3n) is 13.8. The molecule has 2 saturated heterocycles. The third-order valence-corrected chi connectivity index (χ3v) is 14.0. The maximum atomic E-state index is 14.9. The number of nitrogens with zero attached hydrogens (tertiary/aromatic N) is 4. The van der Waals surface area contributed by atoms with Crippen LogP contribution in [0.15, 0.2) is 34.3 Å². The van der Waals surface area contributed by atoms with Gasteiger partial charge in [-0.3, -0.25) is 53.1 Å². The first-order valence-corrected chi connectivity index (χ1v) is 26.8. The van der Waals surface area contributed by atoms with E-state index in [-0.39, 0.29) is 120 Å². The van der Waals surface area contributed by atoms with Gasteiger partial charge in [-0.2, -0.15) is 12.6 Å². The van der Waals surface area contributed by atoms with Crippen LogP contribution in [-0.2, 0) is 49.6 Å². The first-order valence-electron chi connectivity index (χ1n) is 26.3. The molecular weight excluding hydrogens is 999 g/mol. The van der Waals surface area contributed by atoms with Gasteiger partial charge in [-0.1, -0.05) is 46.8 Å². The van der Waals surface area contributed by atoms with Gasteiger partial charge >= 0.3 is 5.97 Å². The Morgan fingerprint density at radius 1 is 0.711 bits per heavy atom. The van der Waals surface area contributed by atoms with Crippen LogP contribution in [0, 0.1) is 29.1 Å². The van der Waals surface area contributed by atoms with Crippen LogP contribution in [0.4, 0.5) is 0 Å². The summed E-state index contributed by atoms with van der Waals surface area (Å²) in [5.41, 5.74) is 22.1. The fourth-order valence-corrected chi connectivity index (χ4v) is 10.1. The number of guanidine groups is 2. The van der Waals surface area contributed by atoms with Crippen LogP contribution in [0.3, 0.4) is 0 Å². The van der Waals surface area contributed by atoms with E-state index in [9.17, 15) is 53.4 Å². The van der Waals surface area contributed by atoms with E-state index >= 15 is 0 Å². The highest BCUT2D eigenvalue weighted by molar-refractivity contribution is 7.81. The van der Waals surface area contributed by atoms with Gasteiger partial charge in [0.2, 0.25) is 29.5 Å². The fraction of sp³-hybridized carbons (Fsp3) is 0.679. The molecule has 0 aromatic heterocycles. The first kappa shape index (κ1) is 64.0. The van der Waals surface area contributed by atoms with Crippen molar-refractivity contribution in [2.75, 3.05) is 26.2 Å². The number of phenolic OH excluding ortho intramolecular Hbond substituents is 1. The molecule has 0 aliphatic carbocycles. The maximum Gasteiger partial charge on any atom is 0.306 e. The van der Waals surface area contributed by atoms with Crippen molar-refractivity contribution < 1.29 is 53.4 Å². The smallest absolute Gasteiger partial charge is 0.306 e. The molecule has 2 fully saturated rings. The van der Waals surface area contributed by atoms with Crippen LogP contribution in [0.5, 0.6) is 5.75 Å². The number of rotatable bonds is 30. The van der Waals surface area contributed by atoms with Gasteiger partial charge in [0.25, 0.3) is 0 Å². The van der Waals surface area contributed by atoms with Crippen LogP contribution in [0.25, 0.3) is 0 Å². The molecule has 424 valence electrons. The number of nitrogens with two attached hydrogens (primary N) is 4. The molecule has 2 aliphatic rings. The number of aliphatic imine (C=N–C) groups is 2. The summed E-state index contributed by atoms with van der Waals surface area (Å²) in [4.78, 5) is 136. The van der Waals surface area contributed by atoms with Crippen molar-refractivity contribution in [2.45, 2.75) is 174 Å². The molecular formula is C53H85N11O11S. The topological polar surface area (TPSA) is 365 Å². The predicted octanol–water partition coefficient (Wildman–Crippen LogP) is 2.11. The number of likely N-dealkylation sites (tertiary alicyclic amines) is 2. The number of benzene rings is 1. The Balaban J connectivity index is 1.97. The average Bonchev–Trinajstić information content (AvgIpc) is 4.02. The molecule has 13 N–H and O–H groups in total. The summed E-state index contributed by atoms with van der Waals surface area (Å²) < 4.78 is -0.998. The number of carboxylic acid groups (broad SMARTS) is 1. The lowest BCUT2D eigenvalue weighted by atomic mass is 9.80. The SMILES string of the molecule is CC(=O)N[C@H](C(=O)N1CCC[C@H]1C(=O)N[C@@H](CCCN=C(N)N)C(=O)C[C@@H](CCCN=C(N)N)C(=O)N1CCC[C@H]1C(=O)C[C@@H](Cc1ccc(O)cc1)C(=O)N[C@H](C(=O)C[C@@H](CC(C)C)C(=O)O)C(C)(C)C)C(C)(C)S. The fourth-order valence-electron chi connectivity index (χ4n) is 9.94. The van der Waals surface area contributed by atoms with Crippen molar-refractivity contribution in [3.05, 3.63) is 29.8 Å². The molecule has 0 radical (unpaired) electrons. The number of Topliss-reactive ketones (excluding diaryl/α,β-unsaturated/α-hetero) is 3. The number of hydrogen-bond donors (Lipinski definition) is 10. The Hall–Kier alpha value is -6.26. The number of thiol groups is 1. The number of hydrogen-bond acceptors (Lipinski definition) is 13. The Morgan fingerprint density at radius 2 is 1.25 bits per heavy atom. The van der Waals surface area contributed by atoms with Gasteiger partial charge in [0.15, 0.2) is 29.3 Å². The summed E-state index contributed by atoms with van der Waals surface area (Å²) >= 11 is 4.56. The van der Waals surface area contributed by atoms with Crippen LogP contribution < -0.4 is 38.9 Å². The molecule has 1 aromatic carbocycles. The normalized spacial score (nSPS) is 18.1. The summed E-state index contributed by atoms with van der Waals surface area (Å²) in [5.74, 6) is -8.64. The van der Waals surface area contributed by atoms with Crippen molar-refractivity contribution in [1.82, 2.24) is 25.8 Å². The Morgan fingerprint density at radius 3 is 1.76 bits per heavy atom. The lowest BCUT2D eigenvalue weighted by Gasteiger charge is -2.35. The minimum atomic E-state index is -1.16. The highest BCUT2D eigenvalue weighted by Gasteiger charge is 2.44. The van der Waals surface area contributed by atoms with Crippen LogP contribution in [-0.4, -0.2) is 146 Å². The predicted molar refractivity (Wildman–Crippen MR) is 292 cm³/mol. The highest BCUT2D eigenvalue weighted by Crippen LogP contribution is 2.31. The van der Waals surface area contributed by atoms with Crippen molar-refractivity contribution in [2.24, 2.45) is 62.0 Å². The number of carbonyl (C=O) groups excluding carboxylic acids is 8. The molecule has 2 heterocycles. The first-order chi connectivity index (χ1) is 35.4. The van der Waals surface area contributed by atoms with Crippen molar-refractivity contribution >= 4 is 77.4 Å². The number of aliphatic carboxylic acids is 1. The van der Waals surface area contributed by atoms with Gasteiger partial charge in [-0.25, -0.2) is 0 Å². The highest BCUT2D eigenvalue weighted by atomic mass is 32.1. The van der Waals surface area contributed by atoms with E-state index in [1.54, 1.807) is 46.8 Å². The van der Waals surface area contributed by atoms with Gasteiger partial charge in [-0.05, 0) is 107 Å². The molecule has 76 heavy (non-hydrogen) atoms. The number of nitrogens with one attached hydrogen (secondary N) is 3. The van der Waals surface area contributed by atoms with E-state index in [1.807, 2.05) is 13.8 Å². The van der Waals surface area contributed by atoms with Crippen molar-refractivity contribution in [1.29, 1.82) is 0 Å². The largest absolute Gasteiger partial charge is 0.508 e. The molecule has 0 saturated carbocycles. The van der Waals surface area contributed by atoms with E-state index in [0.717, 1.165) is 0 Å². The van der Waals surface area contributed by atoms with E-state index in [0.29, 0.717) is 18.4 Å². The molecule has 23 heteroatoms. The summed E-state index contributed by atoms with van der Waals surface area (Å²) in [7, 11) is 0.